The molecule has 0 aliphatic carbocycles. The first-order valence-electron chi connectivity index (χ1n) is 12.8. The Hall–Kier alpha value is -1.25. The first-order valence-corrected chi connectivity index (χ1v) is 12.8. The van der Waals surface area contributed by atoms with Crippen LogP contribution in [0.2, 0.25) is 0 Å². The van der Waals surface area contributed by atoms with Gasteiger partial charge in [-0.05, 0) is 53.4 Å². The topological polar surface area (TPSA) is 59.0 Å². The Bertz CT molecular complexity index is 599. The van der Waals surface area contributed by atoms with E-state index < -0.39 is 29.6 Å². The molecule has 1 amide bonds. The summed E-state index contributed by atoms with van der Waals surface area (Å²) in [7, 11) is 0. The molecule has 0 spiro atoms. The Morgan fingerprint density at radius 3 is 2.34 bits per heavy atom. The summed E-state index contributed by atoms with van der Waals surface area (Å²) in [6.07, 6.45) is 12.4. The quantitative estimate of drug-likeness (QED) is 0.266. The summed E-state index contributed by atoms with van der Waals surface area (Å²) >= 11 is 0. The lowest BCUT2D eigenvalue weighted by Gasteiger charge is -2.35. The normalized spacial score (nSPS) is 19.9. The summed E-state index contributed by atoms with van der Waals surface area (Å²) in [5.74, 6) is 6.78. The lowest BCUT2D eigenvalue weighted by Crippen LogP contribution is -2.53. The third-order valence-corrected chi connectivity index (χ3v) is 6.02. The van der Waals surface area contributed by atoms with Gasteiger partial charge in [-0.15, -0.1) is 5.92 Å². The highest BCUT2D eigenvalue weighted by Crippen LogP contribution is 2.30. The molecule has 32 heavy (non-hydrogen) atoms. The molecule has 0 saturated carbocycles. The van der Waals surface area contributed by atoms with Gasteiger partial charge >= 0.3 is 6.09 Å². The average molecular weight is 452 g/mol. The van der Waals surface area contributed by atoms with E-state index in [1.165, 1.54) is 62.7 Å². The molecule has 1 unspecified atom stereocenters. The van der Waals surface area contributed by atoms with E-state index >= 15 is 0 Å². The summed E-state index contributed by atoms with van der Waals surface area (Å²) < 4.78 is 11.3. The van der Waals surface area contributed by atoms with E-state index in [2.05, 4.69) is 25.7 Å². The number of carbonyl (C=O) groups is 1. The lowest BCUT2D eigenvalue weighted by molar-refractivity contribution is -0.0658. The molecule has 0 radical (unpaired) electrons. The number of aliphatic hydroxyl groups is 1. The maximum Gasteiger partial charge on any atom is 0.413 e. The number of nitrogens with zero attached hydrogens (tertiary/aromatic N) is 1. The van der Waals surface area contributed by atoms with E-state index in [1.807, 2.05) is 34.6 Å². The van der Waals surface area contributed by atoms with Gasteiger partial charge in [-0.1, -0.05) is 71.1 Å². The monoisotopic (exact) mass is 451 g/mol. The third-order valence-electron chi connectivity index (χ3n) is 6.02. The van der Waals surface area contributed by atoms with Crippen LogP contribution in [0, 0.1) is 17.8 Å². The van der Waals surface area contributed by atoms with Crippen molar-refractivity contribution in [2.24, 2.45) is 5.92 Å². The molecule has 1 saturated heterocycles. The second kappa shape index (κ2) is 14.1. The molecule has 1 rings (SSSR count). The van der Waals surface area contributed by atoms with Gasteiger partial charge in [-0.3, -0.25) is 4.90 Å². The van der Waals surface area contributed by atoms with Crippen LogP contribution in [0.4, 0.5) is 4.79 Å². The van der Waals surface area contributed by atoms with Crippen molar-refractivity contribution in [1.29, 1.82) is 0 Å². The van der Waals surface area contributed by atoms with Crippen LogP contribution < -0.4 is 0 Å². The predicted molar refractivity (Wildman–Crippen MR) is 131 cm³/mol. The summed E-state index contributed by atoms with van der Waals surface area (Å²) in [4.78, 5) is 14.2. The molecule has 3 atom stereocenters. The van der Waals surface area contributed by atoms with Crippen LogP contribution in [0.25, 0.3) is 0 Å². The average Bonchev–Trinajstić information content (AvgIpc) is 3.00. The van der Waals surface area contributed by atoms with Crippen molar-refractivity contribution in [3.8, 4) is 11.8 Å². The van der Waals surface area contributed by atoms with Gasteiger partial charge in [0.2, 0.25) is 0 Å². The highest BCUT2D eigenvalue weighted by atomic mass is 16.6. The molecule has 0 bridgehead atoms. The van der Waals surface area contributed by atoms with Crippen LogP contribution in [-0.4, -0.2) is 46.2 Å². The van der Waals surface area contributed by atoms with Gasteiger partial charge in [0, 0.05) is 6.42 Å². The maximum absolute atomic E-state index is 12.7. The van der Waals surface area contributed by atoms with E-state index in [4.69, 9.17) is 9.47 Å². The SMILES string of the molecule is CCCCCCCCCC(C)CCCC#C[C@@H](O)[C@@H]1COC(C)(C)N1C(=O)OC(C)(C)C. The van der Waals surface area contributed by atoms with E-state index in [0.717, 1.165) is 18.8 Å². The van der Waals surface area contributed by atoms with Gasteiger partial charge in [-0.25, -0.2) is 4.79 Å². The largest absolute Gasteiger partial charge is 0.444 e. The molecule has 0 aromatic heterocycles. The molecule has 1 heterocycles. The van der Waals surface area contributed by atoms with Gasteiger partial charge in [0.1, 0.15) is 17.4 Å². The Labute approximate surface area is 197 Å². The van der Waals surface area contributed by atoms with Crippen molar-refractivity contribution in [3.05, 3.63) is 0 Å². The van der Waals surface area contributed by atoms with Crippen molar-refractivity contribution in [1.82, 2.24) is 4.90 Å². The number of hydrogen-bond acceptors (Lipinski definition) is 4. The molecule has 186 valence electrons. The molecule has 1 aliphatic rings. The van der Waals surface area contributed by atoms with Crippen molar-refractivity contribution in [3.63, 3.8) is 0 Å². The van der Waals surface area contributed by atoms with E-state index in [9.17, 15) is 9.90 Å². The van der Waals surface area contributed by atoms with Crippen LogP contribution in [-0.2, 0) is 9.47 Å². The van der Waals surface area contributed by atoms with E-state index in [-0.39, 0.29) is 6.61 Å². The number of amides is 1. The minimum Gasteiger partial charge on any atom is -0.444 e. The van der Waals surface area contributed by atoms with Crippen LogP contribution >= 0.6 is 0 Å². The second-order valence-electron chi connectivity index (χ2n) is 10.8. The maximum atomic E-state index is 12.7. The zero-order valence-corrected chi connectivity index (χ0v) is 21.8. The van der Waals surface area contributed by atoms with Gasteiger partial charge in [-0.2, -0.15) is 0 Å². The van der Waals surface area contributed by atoms with Crippen molar-refractivity contribution in [2.45, 2.75) is 143 Å². The molecule has 0 aromatic carbocycles. The predicted octanol–water partition coefficient (Wildman–Crippen LogP) is 6.67. The fourth-order valence-electron chi connectivity index (χ4n) is 4.14. The molecule has 5 heteroatoms. The summed E-state index contributed by atoms with van der Waals surface area (Å²) in [6, 6.07) is -0.524. The number of ether oxygens (including phenoxy) is 2. The Kier molecular flexibility index (Phi) is 12.7. The Morgan fingerprint density at radius 1 is 1.12 bits per heavy atom. The number of carbonyl (C=O) groups excluding carboxylic acids is 1. The number of hydrogen-bond donors (Lipinski definition) is 1. The molecule has 5 nitrogen and oxygen atoms in total. The van der Waals surface area contributed by atoms with Gasteiger partial charge in [0.05, 0.1) is 12.6 Å². The number of aliphatic hydroxyl groups excluding tert-OH is 1. The summed E-state index contributed by atoms with van der Waals surface area (Å²) in [5.41, 5.74) is -1.44. The van der Waals surface area contributed by atoms with Crippen LogP contribution in [0.3, 0.4) is 0 Å². The fourth-order valence-corrected chi connectivity index (χ4v) is 4.14. The van der Waals surface area contributed by atoms with E-state index in [0.29, 0.717) is 0 Å². The Balaban J connectivity index is 2.36. The molecule has 1 aliphatic heterocycles. The van der Waals surface area contributed by atoms with Gasteiger partial charge in [0.25, 0.3) is 0 Å². The molecular weight excluding hydrogens is 402 g/mol. The first-order chi connectivity index (χ1) is 15.0. The summed E-state index contributed by atoms with van der Waals surface area (Å²) in [6.45, 7) is 13.9. The minimum atomic E-state index is -0.950. The zero-order chi connectivity index (χ0) is 24.2. The highest BCUT2D eigenvalue weighted by molar-refractivity contribution is 5.70. The molecule has 1 N–H and O–H groups in total. The fraction of sp³-hybridized carbons (Fsp3) is 0.889. The van der Waals surface area contributed by atoms with Gasteiger partial charge in [0.15, 0.2) is 0 Å². The second-order valence-corrected chi connectivity index (χ2v) is 10.8. The molecular formula is C27H49NO4. The zero-order valence-electron chi connectivity index (χ0n) is 21.8. The van der Waals surface area contributed by atoms with Crippen LogP contribution in [0.1, 0.15) is 119 Å². The lowest BCUT2D eigenvalue weighted by atomic mass is 9.96. The smallest absolute Gasteiger partial charge is 0.413 e. The standard InChI is InChI=1S/C27H49NO4/c1-8-9-10-11-12-13-15-18-22(2)19-16-14-17-20-24(29)23-21-31-27(6,7)28(23)25(30)32-26(3,4)5/h22-24,29H,8-16,18-19,21H2,1-7H3/t22?,23-,24+/m0/s1. The highest BCUT2D eigenvalue weighted by Gasteiger charge is 2.48. The van der Waals surface area contributed by atoms with E-state index in [1.54, 1.807) is 0 Å². The number of rotatable bonds is 12. The van der Waals surface area contributed by atoms with Crippen molar-refractivity contribution in [2.75, 3.05) is 6.61 Å². The van der Waals surface area contributed by atoms with Gasteiger partial charge < -0.3 is 14.6 Å². The molecule has 1 fully saturated rings. The van der Waals surface area contributed by atoms with Crippen LogP contribution in [0.15, 0.2) is 0 Å². The number of unbranched alkanes of at least 4 members (excludes halogenated alkanes) is 7. The van der Waals surface area contributed by atoms with Crippen molar-refractivity contribution >= 4 is 6.09 Å². The molecule has 0 aromatic rings. The first kappa shape index (κ1) is 28.8. The minimum absolute atomic E-state index is 0.248. The summed E-state index contributed by atoms with van der Waals surface area (Å²) in [5, 5.41) is 10.6. The Morgan fingerprint density at radius 2 is 1.72 bits per heavy atom. The van der Waals surface area contributed by atoms with Crippen LogP contribution in [0.5, 0.6) is 0 Å². The van der Waals surface area contributed by atoms with Crippen molar-refractivity contribution < 1.29 is 19.4 Å². The third kappa shape index (κ3) is 11.1.